The number of amides is 1. The summed E-state index contributed by atoms with van der Waals surface area (Å²) < 4.78 is 8.71. The zero-order valence-electron chi connectivity index (χ0n) is 17.4. The van der Waals surface area contributed by atoms with E-state index in [1.165, 1.54) is 0 Å². The van der Waals surface area contributed by atoms with Crippen molar-refractivity contribution in [1.29, 1.82) is 0 Å². The van der Waals surface area contributed by atoms with Crippen molar-refractivity contribution in [2.45, 2.75) is 6.54 Å². The number of benzene rings is 2. The van der Waals surface area contributed by atoms with Crippen molar-refractivity contribution < 1.29 is 9.53 Å². The largest absolute Gasteiger partial charge is 0.497 e. The molecule has 0 aliphatic rings. The maximum atomic E-state index is 13.1. The minimum Gasteiger partial charge on any atom is -0.497 e. The summed E-state index contributed by atoms with van der Waals surface area (Å²) in [6, 6.07) is 21.8. The number of nitrogens with zero attached hydrogens (tertiary/aromatic N) is 3. The fourth-order valence-corrected chi connectivity index (χ4v) is 3.78. The standard InChI is InChI=1S/C25H20N4O3/c1-32-20-6-2-5-19(15-20)27-24(30)18-11-9-17(10-12-18)16-29-23-21(7-3-13-26-23)28-14-4-8-22(28)25(29)31/h2-15H,16H2,1H3,(H,27,30). The molecule has 5 rings (SSSR count). The number of ether oxygens (including phenoxy) is 1. The molecule has 0 unspecified atom stereocenters. The highest BCUT2D eigenvalue weighted by Crippen LogP contribution is 2.18. The number of anilines is 1. The number of pyridine rings is 1. The summed E-state index contributed by atoms with van der Waals surface area (Å²) in [5.41, 5.74) is 4.04. The molecule has 7 nitrogen and oxygen atoms in total. The van der Waals surface area contributed by atoms with Crippen LogP contribution in [0.2, 0.25) is 0 Å². The van der Waals surface area contributed by atoms with Crippen LogP contribution in [-0.2, 0) is 6.54 Å². The Balaban J connectivity index is 1.42. The van der Waals surface area contributed by atoms with E-state index < -0.39 is 0 Å². The Morgan fingerprint density at radius 2 is 1.81 bits per heavy atom. The number of nitrogens with one attached hydrogen (secondary N) is 1. The van der Waals surface area contributed by atoms with Crippen LogP contribution in [-0.4, -0.2) is 27.0 Å². The van der Waals surface area contributed by atoms with E-state index in [1.807, 2.05) is 53.1 Å². The minimum atomic E-state index is -0.219. The average Bonchev–Trinajstić information content (AvgIpc) is 3.33. The molecule has 0 spiro atoms. The zero-order chi connectivity index (χ0) is 22.1. The summed E-state index contributed by atoms with van der Waals surface area (Å²) >= 11 is 0. The third kappa shape index (κ3) is 3.50. The highest BCUT2D eigenvalue weighted by atomic mass is 16.5. The third-order valence-electron chi connectivity index (χ3n) is 5.38. The summed E-state index contributed by atoms with van der Waals surface area (Å²) in [4.78, 5) is 30.1. The van der Waals surface area contributed by atoms with Gasteiger partial charge in [0.05, 0.1) is 19.2 Å². The SMILES string of the molecule is COc1cccc(NC(=O)c2ccc(Cn3c(=O)c4cccn4c4cccnc43)cc2)c1. The van der Waals surface area contributed by atoms with E-state index in [9.17, 15) is 9.59 Å². The fraction of sp³-hybridized carbons (Fsp3) is 0.0800. The number of carbonyl (C=O) groups is 1. The van der Waals surface area contributed by atoms with Crippen LogP contribution in [0.25, 0.3) is 16.7 Å². The quantitative estimate of drug-likeness (QED) is 0.463. The van der Waals surface area contributed by atoms with Crippen LogP contribution in [0.5, 0.6) is 5.75 Å². The molecule has 0 radical (unpaired) electrons. The van der Waals surface area contributed by atoms with E-state index in [0.29, 0.717) is 34.7 Å². The molecule has 3 heterocycles. The third-order valence-corrected chi connectivity index (χ3v) is 5.38. The number of hydrogen-bond acceptors (Lipinski definition) is 4. The molecule has 0 saturated carbocycles. The molecule has 0 saturated heterocycles. The molecule has 32 heavy (non-hydrogen) atoms. The molecule has 0 fully saturated rings. The topological polar surface area (TPSA) is 77.6 Å². The molecule has 0 bridgehead atoms. The van der Waals surface area contributed by atoms with Gasteiger partial charge in [-0.25, -0.2) is 4.98 Å². The van der Waals surface area contributed by atoms with E-state index in [-0.39, 0.29) is 11.5 Å². The van der Waals surface area contributed by atoms with Gasteiger partial charge in [0, 0.05) is 29.7 Å². The van der Waals surface area contributed by atoms with Gasteiger partial charge >= 0.3 is 0 Å². The lowest BCUT2D eigenvalue weighted by Crippen LogP contribution is -2.24. The van der Waals surface area contributed by atoms with Gasteiger partial charge in [-0.15, -0.1) is 0 Å². The van der Waals surface area contributed by atoms with Crippen LogP contribution in [0.3, 0.4) is 0 Å². The maximum Gasteiger partial charge on any atom is 0.276 e. The lowest BCUT2D eigenvalue weighted by atomic mass is 10.1. The Morgan fingerprint density at radius 3 is 2.62 bits per heavy atom. The van der Waals surface area contributed by atoms with E-state index in [2.05, 4.69) is 10.3 Å². The Hall–Kier alpha value is -4.39. The molecule has 1 N–H and O–H groups in total. The molecule has 5 aromatic rings. The molecule has 3 aromatic heterocycles. The van der Waals surface area contributed by atoms with Gasteiger partial charge < -0.3 is 14.5 Å². The van der Waals surface area contributed by atoms with Crippen molar-refractivity contribution in [3.63, 3.8) is 0 Å². The number of fused-ring (bicyclic) bond motifs is 3. The molecule has 2 aromatic carbocycles. The Morgan fingerprint density at radius 1 is 1.00 bits per heavy atom. The number of hydrogen-bond donors (Lipinski definition) is 1. The predicted octanol–water partition coefficient (Wildman–Crippen LogP) is 3.96. The van der Waals surface area contributed by atoms with Gasteiger partial charge in [-0.3, -0.25) is 14.2 Å². The Labute approximate surface area is 183 Å². The van der Waals surface area contributed by atoms with Gasteiger partial charge in [-0.2, -0.15) is 0 Å². The van der Waals surface area contributed by atoms with Crippen molar-refractivity contribution in [2.24, 2.45) is 0 Å². The van der Waals surface area contributed by atoms with Crippen LogP contribution in [0.15, 0.2) is 90.0 Å². The molecule has 7 heteroatoms. The number of rotatable bonds is 5. The molecule has 158 valence electrons. The van der Waals surface area contributed by atoms with E-state index in [4.69, 9.17) is 4.74 Å². The second kappa shape index (κ2) is 8.03. The van der Waals surface area contributed by atoms with Gasteiger partial charge in [0.25, 0.3) is 11.5 Å². The molecule has 0 aliphatic carbocycles. The second-order valence-electron chi connectivity index (χ2n) is 7.38. The molecular formula is C25H20N4O3. The lowest BCUT2D eigenvalue weighted by Gasteiger charge is -2.12. The van der Waals surface area contributed by atoms with E-state index >= 15 is 0 Å². The van der Waals surface area contributed by atoms with Gasteiger partial charge in [-0.05, 0) is 54.1 Å². The molecular weight excluding hydrogens is 404 g/mol. The molecule has 0 atom stereocenters. The summed E-state index contributed by atoms with van der Waals surface area (Å²) in [5, 5.41) is 2.87. The molecule has 1 amide bonds. The first-order chi connectivity index (χ1) is 15.6. The van der Waals surface area contributed by atoms with Crippen molar-refractivity contribution in [3.05, 3.63) is 107 Å². The highest BCUT2D eigenvalue weighted by Gasteiger charge is 2.12. The fourth-order valence-electron chi connectivity index (χ4n) is 3.78. The van der Waals surface area contributed by atoms with Gasteiger partial charge in [0.15, 0.2) is 5.65 Å². The zero-order valence-corrected chi connectivity index (χ0v) is 17.4. The Bertz CT molecular complexity index is 1500. The number of methoxy groups -OCH3 is 1. The first kappa shape index (κ1) is 19.6. The van der Waals surface area contributed by atoms with Crippen LogP contribution in [0, 0.1) is 0 Å². The average molecular weight is 424 g/mol. The summed E-state index contributed by atoms with van der Waals surface area (Å²) in [6.45, 7) is 0.353. The van der Waals surface area contributed by atoms with Gasteiger partial charge in [0.1, 0.15) is 11.3 Å². The monoisotopic (exact) mass is 424 g/mol. The smallest absolute Gasteiger partial charge is 0.276 e. The van der Waals surface area contributed by atoms with Crippen LogP contribution in [0.1, 0.15) is 15.9 Å². The highest BCUT2D eigenvalue weighted by molar-refractivity contribution is 6.04. The van der Waals surface area contributed by atoms with E-state index in [1.54, 1.807) is 48.2 Å². The lowest BCUT2D eigenvalue weighted by molar-refractivity contribution is 0.102. The van der Waals surface area contributed by atoms with Crippen LogP contribution in [0.4, 0.5) is 5.69 Å². The van der Waals surface area contributed by atoms with Crippen molar-refractivity contribution in [2.75, 3.05) is 12.4 Å². The second-order valence-corrected chi connectivity index (χ2v) is 7.38. The van der Waals surface area contributed by atoms with E-state index in [0.717, 1.165) is 11.1 Å². The summed E-state index contributed by atoms with van der Waals surface area (Å²) in [7, 11) is 1.58. The maximum absolute atomic E-state index is 13.1. The molecule has 0 aliphatic heterocycles. The van der Waals surface area contributed by atoms with Crippen LogP contribution >= 0.6 is 0 Å². The van der Waals surface area contributed by atoms with Crippen molar-refractivity contribution in [1.82, 2.24) is 14.0 Å². The van der Waals surface area contributed by atoms with Crippen molar-refractivity contribution >= 4 is 28.3 Å². The number of carbonyl (C=O) groups excluding carboxylic acids is 1. The summed E-state index contributed by atoms with van der Waals surface area (Å²) in [5.74, 6) is 0.452. The predicted molar refractivity (Wildman–Crippen MR) is 123 cm³/mol. The summed E-state index contributed by atoms with van der Waals surface area (Å²) in [6.07, 6.45) is 3.54. The number of aromatic nitrogens is 3. The van der Waals surface area contributed by atoms with Gasteiger partial charge in [0.2, 0.25) is 0 Å². The minimum absolute atomic E-state index is 0.110. The van der Waals surface area contributed by atoms with Gasteiger partial charge in [-0.1, -0.05) is 18.2 Å². The first-order valence-corrected chi connectivity index (χ1v) is 10.1. The first-order valence-electron chi connectivity index (χ1n) is 10.1. The normalized spacial score (nSPS) is 11.0. The van der Waals surface area contributed by atoms with Crippen LogP contribution < -0.4 is 15.6 Å². The Kier molecular flexibility index (Phi) is 4.91. The van der Waals surface area contributed by atoms with Crippen molar-refractivity contribution in [3.8, 4) is 5.75 Å².